The van der Waals surface area contributed by atoms with Gasteiger partial charge < -0.3 is 15.1 Å². The fourth-order valence-corrected chi connectivity index (χ4v) is 4.64. The highest BCUT2D eigenvalue weighted by Gasteiger charge is 2.40. The van der Waals surface area contributed by atoms with Crippen molar-refractivity contribution in [3.63, 3.8) is 0 Å². The van der Waals surface area contributed by atoms with Gasteiger partial charge in [-0.2, -0.15) is 0 Å². The Morgan fingerprint density at radius 3 is 1.94 bits per heavy atom. The minimum atomic E-state index is -0.355. The van der Waals surface area contributed by atoms with Crippen molar-refractivity contribution in [2.24, 2.45) is 0 Å². The summed E-state index contributed by atoms with van der Waals surface area (Å²) in [6.07, 6.45) is 2.43. The maximum absolute atomic E-state index is 13.6. The molecular formula is C29H30N4O2. The maximum atomic E-state index is 13.6. The third kappa shape index (κ3) is 4.39. The number of nitrogens with one attached hydrogen (secondary N) is 1. The van der Waals surface area contributed by atoms with Gasteiger partial charge in [-0.15, -0.1) is 0 Å². The standard InChI is InChI=1S/C29H30N4O2/c1-20-6-8-21(9-7-20)26-27(30-22-10-12-24(13-11-22)32-18-4-5-19-32)29(35)33(28(26)34)25-16-14-23(15-17-25)31(2)3/h6-17,30H,4-5,18-19H2,1-3H3. The zero-order valence-corrected chi connectivity index (χ0v) is 20.4. The highest BCUT2D eigenvalue weighted by Crippen LogP contribution is 2.35. The van der Waals surface area contributed by atoms with E-state index < -0.39 is 0 Å². The lowest BCUT2D eigenvalue weighted by molar-refractivity contribution is -0.120. The van der Waals surface area contributed by atoms with Gasteiger partial charge in [0.05, 0.1) is 11.3 Å². The zero-order valence-electron chi connectivity index (χ0n) is 20.4. The van der Waals surface area contributed by atoms with Crippen molar-refractivity contribution in [2.45, 2.75) is 19.8 Å². The van der Waals surface area contributed by atoms with Crippen molar-refractivity contribution >= 4 is 40.1 Å². The van der Waals surface area contributed by atoms with E-state index in [1.54, 1.807) is 0 Å². The normalized spacial score (nSPS) is 15.9. The Balaban J connectivity index is 1.50. The van der Waals surface area contributed by atoms with Gasteiger partial charge in [0, 0.05) is 44.2 Å². The molecule has 0 aliphatic carbocycles. The maximum Gasteiger partial charge on any atom is 0.282 e. The first-order valence-electron chi connectivity index (χ1n) is 12.0. The SMILES string of the molecule is Cc1ccc(C2=C(Nc3ccc(N4CCCC4)cc3)C(=O)N(c3ccc(N(C)C)cc3)C2=O)cc1. The van der Waals surface area contributed by atoms with E-state index in [0.29, 0.717) is 17.0 Å². The van der Waals surface area contributed by atoms with Gasteiger partial charge >= 0.3 is 0 Å². The van der Waals surface area contributed by atoms with Crippen LogP contribution in [0.2, 0.25) is 0 Å². The molecule has 0 unspecified atom stereocenters. The van der Waals surface area contributed by atoms with Gasteiger partial charge in [0.15, 0.2) is 0 Å². The van der Waals surface area contributed by atoms with Gasteiger partial charge in [0.25, 0.3) is 11.8 Å². The molecule has 178 valence electrons. The van der Waals surface area contributed by atoms with Crippen LogP contribution in [0.3, 0.4) is 0 Å². The van der Waals surface area contributed by atoms with Gasteiger partial charge in [0.2, 0.25) is 0 Å². The molecule has 35 heavy (non-hydrogen) atoms. The van der Waals surface area contributed by atoms with Crippen LogP contribution in [0.15, 0.2) is 78.5 Å². The third-order valence-corrected chi connectivity index (χ3v) is 6.66. The molecule has 5 rings (SSSR count). The number of carbonyl (C=O) groups excluding carboxylic acids is 2. The number of hydrogen-bond donors (Lipinski definition) is 1. The topological polar surface area (TPSA) is 55.9 Å². The van der Waals surface area contributed by atoms with E-state index in [1.807, 2.05) is 86.6 Å². The highest BCUT2D eigenvalue weighted by molar-refractivity contribution is 6.46. The van der Waals surface area contributed by atoms with Crippen LogP contribution in [-0.4, -0.2) is 39.0 Å². The molecule has 2 heterocycles. The Morgan fingerprint density at radius 2 is 1.34 bits per heavy atom. The number of imide groups is 1. The molecule has 0 aromatic heterocycles. The van der Waals surface area contributed by atoms with Crippen LogP contribution in [0, 0.1) is 6.92 Å². The number of rotatable bonds is 6. The molecule has 0 spiro atoms. The van der Waals surface area contributed by atoms with Gasteiger partial charge in [-0.1, -0.05) is 29.8 Å². The smallest absolute Gasteiger partial charge is 0.282 e. The van der Waals surface area contributed by atoms with E-state index in [-0.39, 0.29) is 11.8 Å². The van der Waals surface area contributed by atoms with E-state index in [1.165, 1.54) is 23.4 Å². The molecule has 1 saturated heterocycles. The van der Waals surface area contributed by atoms with E-state index in [9.17, 15) is 9.59 Å². The second-order valence-corrected chi connectivity index (χ2v) is 9.34. The first-order valence-corrected chi connectivity index (χ1v) is 12.0. The number of anilines is 4. The molecule has 1 fully saturated rings. The molecule has 2 aliphatic heterocycles. The molecule has 2 amide bonds. The largest absolute Gasteiger partial charge is 0.378 e. The number of carbonyl (C=O) groups is 2. The fraction of sp³-hybridized carbons (Fsp3) is 0.241. The molecule has 0 radical (unpaired) electrons. The predicted molar refractivity (Wildman–Crippen MR) is 143 cm³/mol. The summed E-state index contributed by atoms with van der Waals surface area (Å²) in [4.78, 5) is 32.9. The molecule has 1 N–H and O–H groups in total. The summed E-state index contributed by atoms with van der Waals surface area (Å²) in [5.74, 6) is -0.681. The summed E-state index contributed by atoms with van der Waals surface area (Å²) in [6.45, 7) is 4.15. The van der Waals surface area contributed by atoms with E-state index in [2.05, 4.69) is 22.3 Å². The molecule has 3 aromatic carbocycles. The van der Waals surface area contributed by atoms with E-state index >= 15 is 0 Å². The lowest BCUT2D eigenvalue weighted by Gasteiger charge is -2.19. The van der Waals surface area contributed by atoms with Crippen molar-refractivity contribution in [3.8, 4) is 0 Å². The van der Waals surface area contributed by atoms with Crippen molar-refractivity contribution in [2.75, 3.05) is 47.2 Å². The lowest BCUT2D eigenvalue weighted by Crippen LogP contribution is -2.32. The Labute approximate surface area is 206 Å². The first-order chi connectivity index (χ1) is 16.9. The van der Waals surface area contributed by atoms with Crippen LogP contribution in [0.4, 0.5) is 22.7 Å². The Morgan fingerprint density at radius 1 is 0.743 bits per heavy atom. The predicted octanol–water partition coefficient (Wildman–Crippen LogP) is 5.06. The summed E-state index contributed by atoms with van der Waals surface area (Å²) < 4.78 is 0. The summed E-state index contributed by atoms with van der Waals surface area (Å²) >= 11 is 0. The second-order valence-electron chi connectivity index (χ2n) is 9.34. The molecule has 0 bridgehead atoms. The monoisotopic (exact) mass is 466 g/mol. The average Bonchev–Trinajstić information content (AvgIpc) is 3.48. The summed E-state index contributed by atoms with van der Waals surface area (Å²) in [5.41, 5.74) is 6.00. The van der Waals surface area contributed by atoms with Gasteiger partial charge in [-0.3, -0.25) is 9.59 Å². The Kier molecular flexibility index (Phi) is 6.03. The number of hydrogen-bond acceptors (Lipinski definition) is 5. The van der Waals surface area contributed by atoms with Gasteiger partial charge in [-0.05, 0) is 73.9 Å². The fourth-order valence-electron chi connectivity index (χ4n) is 4.64. The number of amides is 2. The number of nitrogens with zero attached hydrogens (tertiary/aromatic N) is 3. The number of aryl methyl sites for hydroxylation is 1. The quantitative estimate of drug-likeness (QED) is 0.515. The van der Waals surface area contributed by atoms with Crippen LogP contribution < -0.4 is 20.0 Å². The summed E-state index contributed by atoms with van der Waals surface area (Å²) in [5, 5.41) is 3.27. The molecule has 3 aromatic rings. The molecular weight excluding hydrogens is 436 g/mol. The summed E-state index contributed by atoms with van der Waals surface area (Å²) in [6, 6.07) is 23.2. The zero-order chi connectivity index (χ0) is 24.5. The lowest BCUT2D eigenvalue weighted by atomic mass is 10.0. The van der Waals surface area contributed by atoms with Gasteiger partial charge in [0.1, 0.15) is 5.70 Å². The molecule has 0 atom stereocenters. The minimum absolute atomic E-state index is 0.296. The van der Waals surface area contributed by atoms with Crippen LogP contribution >= 0.6 is 0 Å². The first kappa shape index (κ1) is 22.7. The molecule has 2 aliphatic rings. The van der Waals surface area contributed by atoms with Crippen molar-refractivity contribution in [3.05, 3.63) is 89.6 Å². The van der Waals surface area contributed by atoms with Crippen LogP contribution in [0.25, 0.3) is 5.57 Å². The average molecular weight is 467 g/mol. The van der Waals surface area contributed by atoms with Crippen molar-refractivity contribution in [1.29, 1.82) is 0 Å². The highest BCUT2D eigenvalue weighted by atomic mass is 16.2. The molecule has 6 nitrogen and oxygen atoms in total. The van der Waals surface area contributed by atoms with Crippen LogP contribution in [0.1, 0.15) is 24.0 Å². The second kappa shape index (κ2) is 9.29. The van der Waals surface area contributed by atoms with E-state index in [0.717, 1.165) is 35.6 Å². The molecule has 0 saturated carbocycles. The van der Waals surface area contributed by atoms with Crippen LogP contribution in [0.5, 0.6) is 0 Å². The van der Waals surface area contributed by atoms with Gasteiger partial charge in [-0.25, -0.2) is 4.90 Å². The van der Waals surface area contributed by atoms with Crippen LogP contribution in [-0.2, 0) is 9.59 Å². The molecule has 6 heteroatoms. The third-order valence-electron chi connectivity index (χ3n) is 6.66. The van der Waals surface area contributed by atoms with Crippen molar-refractivity contribution in [1.82, 2.24) is 0 Å². The Hall–Kier alpha value is -4.06. The minimum Gasteiger partial charge on any atom is -0.378 e. The Bertz CT molecular complexity index is 1270. The van der Waals surface area contributed by atoms with E-state index in [4.69, 9.17) is 0 Å². The summed E-state index contributed by atoms with van der Waals surface area (Å²) in [7, 11) is 3.91. The number of benzene rings is 3. The van der Waals surface area contributed by atoms with Crippen molar-refractivity contribution < 1.29 is 9.59 Å².